The molecule has 0 amide bonds. The molecule has 1 unspecified atom stereocenters. The predicted octanol–water partition coefficient (Wildman–Crippen LogP) is 4.73. The number of benzene rings is 2. The molecule has 0 saturated carbocycles. The first kappa shape index (κ1) is 19.8. The minimum atomic E-state index is -4.38. The summed E-state index contributed by atoms with van der Waals surface area (Å²) in [5.74, 6) is 0.0252. The fourth-order valence-electron chi connectivity index (χ4n) is 1.78. The van der Waals surface area contributed by atoms with Gasteiger partial charge in [-0.2, -0.15) is 13.2 Å². The molecule has 0 fully saturated rings. The van der Waals surface area contributed by atoms with E-state index in [1.807, 2.05) is 0 Å². The quantitative estimate of drug-likeness (QED) is 0.569. The van der Waals surface area contributed by atoms with Crippen LogP contribution in [0.15, 0.2) is 42.5 Å². The van der Waals surface area contributed by atoms with Gasteiger partial charge in [0, 0.05) is 5.30 Å². The third kappa shape index (κ3) is 5.75. The van der Waals surface area contributed by atoms with Crippen LogP contribution in [0.1, 0.15) is 11.1 Å². The van der Waals surface area contributed by atoms with Gasteiger partial charge in [-0.05, 0) is 29.9 Å². The number of rotatable bonds is 2. The molecule has 0 bridgehead atoms. The van der Waals surface area contributed by atoms with Crippen molar-refractivity contribution in [3.8, 4) is 5.75 Å². The maximum atomic E-state index is 13.0. The zero-order chi connectivity index (χ0) is 16.8. The first-order valence-corrected chi connectivity index (χ1v) is 11.3. The predicted molar refractivity (Wildman–Crippen MR) is 83.6 cm³/mol. The van der Waals surface area contributed by atoms with Crippen LogP contribution in [-0.2, 0) is 23.2 Å². The van der Waals surface area contributed by atoms with Crippen molar-refractivity contribution in [3.63, 3.8) is 0 Å². The van der Waals surface area contributed by atoms with Crippen molar-refractivity contribution in [2.75, 3.05) is 0 Å². The van der Waals surface area contributed by atoms with Crippen molar-refractivity contribution in [1.29, 1.82) is 0 Å². The molecule has 1 N–H and O–H groups in total. The molecule has 0 aromatic heterocycles. The molecule has 0 aliphatic rings. The molecular weight excluding hydrogens is 391 g/mol. The van der Waals surface area contributed by atoms with E-state index < -0.39 is 28.8 Å². The number of hydrogen-bond donors (Lipinski definition) is 1. The van der Waals surface area contributed by atoms with E-state index in [-0.39, 0.29) is 19.6 Å². The van der Waals surface area contributed by atoms with Crippen LogP contribution >= 0.6 is 27.2 Å². The maximum absolute atomic E-state index is 13.0. The number of phenols is 1. The van der Waals surface area contributed by atoms with Gasteiger partial charge in [0.05, 0.1) is 5.56 Å². The number of para-hydroxylation sites is 1. The van der Waals surface area contributed by atoms with Gasteiger partial charge < -0.3 is 5.11 Å². The second-order valence-electron chi connectivity index (χ2n) is 4.21. The Morgan fingerprint density at radius 1 is 1.05 bits per heavy atom. The van der Waals surface area contributed by atoms with Crippen molar-refractivity contribution in [3.05, 3.63) is 53.6 Å². The Hall–Kier alpha value is -0.246. The van der Waals surface area contributed by atoms with Gasteiger partial charge in [0.2, 0.25) is 0 Å². The van der Waals surface area contributed by atoms with Crippen LogP contribution in [0.5, 0.6) is 5.75 Å². The van der Waals surface area contributed by atoms with E-state index in [9.17, 15) is 18.3 Å². The number of hydrogen-bond acceptors (Lipinski definition) is 1. The average Bonchev–Trinajstić information content (AvgIpc) is 2.43. The standard InChI is InChI=1S/C14H12F3OP.2ClH.Ti/c1-9-5-4-6-10(14(15,16)17)13(9)19-12-8-3-2-7-11(12)18;;;/h2-8,18-19H,1H3;2*1H;/q;;;+2/p-2. The van der Waals surface area contributed by atoms with Crippen LogP contribution in [-0.4, -0.2) is 5.11 Å². The van der Waals surface area contributed by atoms with E-state index in [2.05, 4.69) is 0 Å². The fourth-order valence-corrected chi connectivity index (χ4v) is 3.08. The van der Waals surface area contributed by atoms with Crippen molar-refractivity contribution >= 4 is 37.8 Å². The number of aryl methyl sites for hydroxylation is 1. The molecule has 22 heavy (non-hydrogen) atoms. The number of halogens is 5. The zero-order valence-corrected chi connectivity index (χ0v) is 15.5. The Balaban J connectivity index is 0.000000745. The topological polar surface area (TPSA) is 20.2 Å². The molecule has 0 spiro atoms. The third-order valence-electron chi connectivity index (χ3n) is 2.74. The van der Waals surface area contributed by atoms with Gasteiger partial charge >= 0.3 is 41.8 Å². The summed E-state index contributed by atoms with van der Waals surface area (Å²) in [6.45, 7) is 1.65. The molecule has 2 aromatic carbocycles. The Morgan fingerprint density at radius 2 is 1.64 bits per heavy atom. The summed E-state index contributed by atoms with van der Waals surface area (Å²) in [4.78, 5) is 0. The normalized spacial score (nSPS) is 11.2. The number of alkyl halides is 3. The Kier molecular flexibility index (Phi) is 8.23. The molecule has 2 rings (SSSR count). The minimum absolute atomic E-state index is 0.0252. The van der Waals surface area contributed by atoms with Crippen LogP contribution < -0.4 is 10.6 Å². The molecule has 118 valence electrons. The van der Waals surface area contributed by atoms with Crippen molar-refractivity contribution in [2.45, 2.75) is 13.1 Å². The Bertz CT molecular complexity index is 623. The molecule has 0 aliphatic heterocycles. The van der Waals surface area contributed by atoms with Gasteiger partial charge in [0.25, 0.3) is 0 Å². The van der Waals surface area contributed by atoms with Crippen molar-refractivity contribution in [2.24, 2.45) is 0 Å². The zero-order valence-electron chi connectivity index (χ0n) is 11.4. The molecular formula is C14H12Cl2F3OPTi. The summed E-state index contributed by atoms with van der Waals surface area (Å²) in [5.41, 5.74) is -0.0505. The van der Waals surface area contributed by atoms with Gasteiger partial charge in [-0.15, -0.1) is 0 Å². The Labute approximate surface area is 145 Å². The summed E-state index contributed by atoms with van der Waals surface area (Å²) >= 11 is -0.556. The van der Waals surface area contributed by atoms with Crippen molar-refractivity contribution in [1.82, 2.24) is 0 Å². The first-order valence-electron chi connectivity index (χ1n) is 5.99. The van der Waals surface area contributed by atoms with Gasteiger partial charge in [0.15, 0.2) is 0 Å². The summed E-state index contributed by atoms with van der Waals surface area (Å²) in [7, 11) is 9.55. The summed E-state index contributed by atoms with van der Waals surface area (Å²) in [6, 6.07) is 10.6. The summed E-state index contributed by atoms with van der Waals surface area (Å²) < 4.78 is 38.9. The molecule has 0 saturated heterocycles. The summed E-state index contributed by atoms with van der Waals surface area (Å²) in [5, 5.41) is 10.4. The van der Waals surface area contributed by atoms with Crippen LogP contribution in [0, 0.1) is 6.92 Å². The van der Waals surface area contributed by atoms with Gasteiger partial charge in [-0.1, -0.05) is 38.9 Å². The van der Waals surface area contributed by atoms with E-state index in [0.29, 0.717) is 10.9 Å². The van der Waals surface area contributed by atoms with Gasteiger partial charge in [0.1, 0.15) is 5.75 Å². The van der Waals surface area contributed by atoms with Crippen LogP contribution in [0.4, 0.5) is 13.2 Å². The molecule has 8 heteroatoms. The third-order valence-corrected chi connectivity index (χ3v) is 4.35. The van der Waals surface area contributed by atoms with Crippen LogP contribution in [0.2, 0.25) is 0 Å². The fraction of sp³-hybridized carbons (Fsp3) is 0.143. The summed E-state index contributed by atoms with van der Waals surface area (Å²) in [6.07, 6.45) is -4.38. The Morgan fingerprint density at radius 3 is 2.18 bits per heavy atom. The van der Waals surface area contributed by atoms with Crippen LogP contribution in [0.25, 0.3) is 0 Å². The van der Waals surface area contributed by atoms with E-state index in [4.69, 9.17) is 18.6 Å². The number of aromatic hydroxyl groups is 1. The molecule has 1 atom stereocenters. The van der Waals surface area contributed by atoms with E-state index in [1.165, 1.54) is 12.1 Å². The van der Waals surface area contributed by atoms with Crippen molar-refractivity contribution < 1.29 is 35.3 Å². The van der Waals surface area contributed by atoms with E-state index in [0.717, 1.165) is 6.07 Å². The molecule has 0 radical (unpaired) electrons. The SMILES string of the molecule is Cc1cccc(C(F)(F)F)c1Pc1ccccc1O.[Cl][Ti][Cl]. The second-order valence-corrected chi connectivity index (χ2v) is 8.08. The van der Waals surface area contributed by atoms with Crippen LogP contribution in [0.3, 0.4) is 0 Å². The monoisotopic (exact) mass is 402 g/mol. The molecule has 2 aromatic rings. The second kappa shape index (κ2) is 9.15. The van der Waals surface area contributed by atoms with E-state index >= 15 is 0 Å². The molecule has 0 heterocycles. The average molecular weight is 403 g/mol. The molecule has 0 aliphatic carbocycles. The van der Waals surface area contributed by atoms with Gasteiger partial charge in [-0.25, -0.2) is 0 Å². The molecule has 1 nitrogen and oxygen atoms in total. The first-order chi connectivity index (χ1) is 10.3. The van der Waals surface area contributed by atoms with Gasteiger partial charge in [-0.3, -0.25) is 0 Å². The number of phenolic OH excluding ortho intramolecular Hbond substituents is 1. The van der Waals surface area contributed by atoms with E-state index in [1.54, 1.807) is 31.2 Å².